The predicted molar refractivity (Wildman–Crippen MR) is 75.0 cm³/mol. The van der Waals surface area contributed by atoms with E-state index < -0.39 is 11.2 Å². The lowest BCUT2D eigenvalue weighted by atomic mass is 10.3. The Kier molecular flexibility index (Phi) is 2.61. The van der Waals surface area contributed by atoms with Crippen LogP contribution in [0.25, 0.3) is 21.9 Å². The van der Waals surface area contributed by atoms with Gasteiger partial charge in [-0.25, -0.2) is 9.78 Å². The van der Waals surface area contributed by atoms with Gasteiger partial charge < -0.3 is 4.98 Å². The summed E-state index contributed by atoms with van der Waals surface area (Å²) in [6.07, 6.45) is 0. The number of hydrogen-bond acceptors (Lipinski definition) is 4. The Morgan fingerprint density at radius 1 is 1.37 bits per heavy atom. The van der Waals surface area contributed by atoms with Crippen LogP contribution in [0.4, 0.5) is 0 Å². The molecular formula is C11H9ClN4O2S. The number of imidazole rings is 1. The molecule has 19 heavy (non-hydrogen) atoms. The molecule has 0 saturated carbocycles. The average molecular weight is 297 g/mol. The molecule has 0 amide bonds. The van der Waals surface area contributed by atoms with Gasteiger partial charge in [-0.3, -0.25) is 14.3 Å². The van der Waals surface area contributed by atoms with Gasteiger partial charge in [-0.05, 0) is 17.9 Å². The van der Waals surface area contributed by atoms with E-state index in [-0.39, 0.29) is 5.52 Å². The van der Waals surface area contributed by atoms with Gasteiger partial charge in [-0.15, -0.1) is 11.3 Å². The van der Waals surface area contributed by atoms with Gasteiger partial charge in [0.15, 0.2) is 11.5 Å². The van der Waals surface area contributed by atoms with E-state index in [0.717, 1.165) is 10.4 Å². The summed E-state index contributed by atoms with van der Waals surface area (Å²) in [5.41, 5.74) is 0.542. The summed E-state index contributed by atoms with van der Waals surface area (Å²) in [5, 5.41) is 2.51. The molecule has 0 bridgehead atoms. The molecule has 0 aliphatic rings. The molecule has 0 unspecified atom stereocenters. The second-order valence-electron chi connectivity index (χ2n) is 4.16. The number of aryl methyl sites for hydroxylation is 2. The highest BCUT2D eigenvalue weighted by Gasteiger charge is 2.16. The molecule has 0 fully saturated rings. The summed E-state index contributed by atoms with van der Waals surface area (Å²) < 4.78 is 1.28. The van der Waals surface area contributed by atoms with E-state index in [9.17, 15) is 9.59 Å². The zero-order valence-electron chi connectivity index (χ0n) is 10.1. The first kappa shape index (κ1) is 12.2. The number of nitrogens with one attached hydrogen (secondary N) is 2. The zero-order valence-corrected chi connectivity index (χ0v) is 11.6. The van der Waals surface area contributed by atoms with Crippen LogP contribution in [0.15, 0.2) is 15.0 Å². The number of aromatic nitrogens is 4. The maximum absolute atomic E-state index is 11.7. The second kappa shape index (κ2) is 4.07. The zero-order chi connectivity index (χ0) is 13.7. The lowest BCUT2D eigenvalue weighted by molar-refractivity contribution is 0.832. The fraction of sp³-hybridized carbons (Fsp3) is 0.182. The van der Waals surface area contributed by atoms with E-state index in [1.165, 1.54) is 15.9 Å². The number of rotatable bonds is 1. The van der Waals surface area contributed by atoms with Crippen molar-refractivity contribution in [2.75, 3.05) is 0 Å². The smallest absolute Gasteiger partial charge is 0.329 e. The van der Waals surface area contributed by atoms with Crippen LogP contribution in [-0.2, 0) is 7.05 Å². The minimum Gasteiger partial charge on any atom is -0.331 e. The van der Waals surface area contributed by atoms with E-state index in [1.807, 2.05) is 12.3 Å². The Morgan fingerprint density at radius 2 is 2.11 bits per heavy atom. The molecule has 0 radical (unpaired) electrons. The Bertz CT molecular complexity index is 902. The monoisotopic (exact) mass is 296 g/mol. The van der Waals surface area contributed by atoms with Crippen LogP contribution >= 0.6 is 22.9 Å². The number of H-pyrrole nitrogens is 2. The van der Waals surface area contributed by atoms with Crippen molar-refractivity contribution < 1.29 is 0 Å². The van der Waals surface area contributed by atoms with E-state index in [2.05, 4.69) is 15.0 Å². The largest absolute Gasteiger partial charge is 0.331 e. The Balaban J connectivity index is 2.37. The van der Waals surface area contributed by atoms with E-state index in [1.54, 1.807) is 7.05 Å². The molecule has 0 atom stereocenters. The van der Waals surface area contributed by atoms with E-state index in [4.69, 9.17) is 11.6 Å². The van der Waals surface area contributed by atoms with Gasteiger partial charge in [0.1, 0.15) is 5.52 Å². The number of fused-ring (bicyclic) bond motifs is 1. The summed E-state index contributed by atoms with van der Waals surface area (Å²) in [5.74, 6) is 0.491. The number of halogens is 1. The molecule has 0 saturated heterocycles. The predicted octanol–water partition coefficient (Wildman–Crippen LogP) is 1.64. The average Bonchev–Trinajstić information content (AvgIpc) is 2.93. The molecule has 3 aromatic heterocycles. The lowest BCUT2D eigenvalue weighted by Gasteiger charge is -1.94. The Labute approximate surface area is 115 Å². The highest BCUT2D eigenvalue weighted by Crippen LogP contribution is 2.35. The molecular weight excluding hydrogens is 288 g/mol. The molecule has 98 valence electrons. The quantitative estimate of drug-likeness (QED) is 0.716. The van der Waals surface area contributed by atoms with Crippen molar-refractivity contribution in [3.05, 3.63) is 36.8 Å². The number of aromatic amines is 2. The molecule has 0 spiro atoms. The maximum Gasteiger partial charge on any atom is 0.329 e. The topological polar surface area (TPSA) is 83.5 Å². The number of nitrogens with zero attached hydrogens (tertiary/aromatic N) is 2. The summed E-state index contributed by atoms with van der Waals surface area (Å²) in [4.78, 5) is 33.4. The van der Waals surface area contributed by atoms with Gasteiger partial charge in [0, 0.05) is 7.05 Å². The molecule has 0 aromatic carbocycles. The first-order valence-corrected chi connectivity index (χ1v) is 6.67. The van der Waals surface area contributed by atoms with E-state index >= 15 is 0 Å². The van der Waals surface area contributed by atoms with Crippen molar-refractivity contribution in [3.8, 4) is 10.7 Å². The molecule has 3 rings (SSSR count). The molecule has 3 aromatic rings. The van der Waals surface area contributed by atoms with Crippen molar-refractivity contribution in [1.82, 2.24) is 19.5 Å². The van der Waals surface area contributed by atoms with Crippen LogP contribution in [0.1, 0.15) is 5.56 Å². The fourth-order valence-electron chi connectivity index (χ4n) is 1.80. The highest BCUT2D eigenvalue weighted by atomic mass is 35.5. The van der Waals surface area contributed by atoms with Gasteiger partial charge in [-0.1, -0.05) is 11.6 Å². The normalized spacial score (nSPS) is 11.3. The molecule has 6 nitrogen and oxygen atoms in total. The SMILES string of the molecule is Cc1csc(-c2nc3c([nH]2)c(=O)[nH]c(=O)n3C)c1Cl. The third kappa shape index (κ3) is 1.73. The maximum atomic E-state index is 11.7. The summed E-state index contributed by atoms with van der Waals surface area (Å²) >= 11 is 7.61. The minimum absolute atomic E-state index is 0.263. The summed E-state index contributed by atoms with van der Waals surface area (Å²) in [6, 6.07) is 0. The van der Waals surface area contributed by atoms with Gasteiger partial charge in [-0.2, -0.15) is 0 Å². The van der Waals surface area contributed by atoms with Crippen LogP contribution in [-0.4, -0.2) is 19.5 Å². The molecule has 0 aliphatic heterocycles. The van der Waals surface area contributed by atoms with Crippen molar-refractivity contribution in [2.45, 2.75) is 6.92 Å². The van der Waals surface area contributed by atoms with Gasteiger partial charge in [0.05, 0.1) is 9.90 Å². The molecule has 0 aliphatic carbocycles. The third-order valence-electron chi connectivity index (χ3n) is 2.87. The van der Waals surface area contributed by atoms with Gasteiger partial charge >= 0.3 is 5.69 Å². The summed E-state index contributed by atoms with van der Waals surface area (Å²) in [7, 11) is 1.55. The molecule has 3 heterocycles. The van der Waals surface area contributed by atoms with Gasteiger partial charge in [0.2, 0.25) is 0 Å². The van der Waals surface area contributed by atoms with Crippen molar-refractivity contribution >= 4 is 34.1 Å². The lowest BCUT2D eigenvalue weighted by Crippen LogP contribution is -2.28. The first-order chi connectivity index (χ1) is 8.99. The van der Waals surface area contributed by atoms with Gasteiger partial charge in [0.25, 0.3) is 5.56 Å². The second-order valence-corrected chi connectivity index (χ2v) is 5.42. The minimum atomic E-state index is -0.496. The molecule has 2 N–H and O–H groups in total. The van der Waals surface area contributed by atoms with Crippen LogP contribution in [0.5, 0.6) is 0 Å². The van der Waals surface area contributed by atoms with Crippen molar-refractivity contribution in [1.29, 1.82) is 0 Å². The Hall–Kier alpha value is -1.86. The van der Waals surface area contributed by atoms with Crippen LogP contribution in [0.3, 0.4) is 0 Å². The number of thiophene rings is 1. The summed E-state index contributed by atoms with van der Waals surface area (Å²) in [6.45, 7) is 1.90. The third-order valence-corrected chi connectivity index (χ3v) is 4.57. The van der Waals surface area contributed by atoms with Crippen LogP contribution in [0, 0.1) is 6.92 Å². The fourth-order valence-corrected chi connectivity index (χ4v) is 3.03. The Morgan fingerprint density at radius 3 is 2.74 bits per heavy atom. The first-order valence-electron chi connectivity index (χ1n) is 5.42. The van der Waals surface area contributed by atoms with Crippen molar-refractivity contribution in [2.24, 2.45) is 7.05 Å². The van der Waals surface area contributed by atoms with Crippen LogP contribution < -0.4 is 11.2 Å². The van der Waals surface area contributed by atoms with Crippen molar-refractivity contribution in [3.63, 3.8) is 0 Å². The standard InChI is InChI=1S/C11H9ClN4O2S/c1-4-3-19-7(5(4)12)8-13-6-9(14-8)16(2)11(18)15-10(6)17/h3H,1-2H3,(H,13,14)(H,15,17,18). The van der Waals surface area contributed by atoms with Crippen LogP contribution in [0.2, 0.25) is 5.02 Å². The number of hydrogen-bond donors (Lipinski definition) is 2. The van der Waals surface area contributed by atoms with E-state index in [0.29, 0.717) is 16.5 Å². The molecule has 8 heteroatoms. The highest BCUT2D eigenvalue weighted by molar-refractivity contribution is 7.14.